The van der Waals surface area contributed by atoms with Crippen molar-refractivity contribution in [2.24, 2.45) is 5.41 Å². The van der Waals surface area contributed by atoms with E-state index in [9.17, 15) is 4.39 Å². The van der Waals surface area contributed by atoms with Crippen LogP contribution >= 0.6 is 11.6 Å². The Kier molecular flexibility index (Phi) is 5.20. The lowest BCUT2D eigenvalue weighted by Crippen LogP contribution is -2.37. The van der Waals surface area contributed by atoms with Crippen LogP contribution in [0, 0.1) is 11.2 Å². The Morgan fingerprint density at radius 3 is 3.00 bits per heavy atom. The molecule has 0 amide bonds. The smallest absolute Gasteiger partial charge is 0.144 e. The van der Waals surface area contributed by atoms with Crippen molar-refractivity contribution in [2.45, 2.75) is 26.2 Å². The summed E-state index contributed by atoms with van der Waals surface area (Å²) in [6.07, 6.45) is 2.74. The number of nitrogens with one attached hydrogen (secondary N) is 1. The molecule has 1 atom stereocenters. The summed E-state index contributed by atoms with van der Waals surface area (Å²) in [6, 6.07) is 5.22. The summed E-state index contributed by atoms with van der Waals surface area (Å²) in [7, 11) is 0. The number of rotatable bonds is 6. The molecule has 0 radical (unpaired) electrons. The van der Waals surface area contributed by atoms with Crippen LogP contribution in [0.15, 0.2) is 18.2 Å². The Hall–Kier alpha value is -0.640. The van der Waals surface area contributed by atoms with E-state index in [1.807, 2.05) is 12.1 Å². The van der Waals surface area contributed by atoms with E-state index < -0.39 is 0 Å². The van der Waals surface area contributed by atoms with Crippen molar-refractivity contribution in [2.75, 3.05) is 26.3 Å². The predicted octanol–water partition coefficient (Wildman–Crippen LogP) is 3.43. The average molecular weight is 286 g/mol. The van der Waals surface area contributed by atoms with Crippen LogP contribution in [0.25, 0.3) is 0 Å². The second-order valence-electron chi connectivity index (χ2n) is 5.37. The van der Waals surface area contributed by atoms with Crippen LogP contribution in [0.2, 0.25) is 5.02 Å². The minimum Gasteiger partial charge on any atom is -0.381 e. The maximum Gasteiger partial charge on any atom is 0.144 e. The standard InChI is InChI=1S/C15H21ClFNO/c1-2-7-18-10-15(6-8-19-11-15)9-12-4-3-5-13(16)14(12)17/h3-5,18H,2,6-11H2,1H3. The van der Waals surface area contributed by atoms with Gasteiger partial charge in [-0.05, 0) is 37.4 Å². The molecule has 1 heterocycles. The average Bonchev–Trinajstić information content (AvgIpc) is 2.84. The van der Waals surface area contributed by atoms with Gasteiger partial charge in [0.2, 0.25) is 0 Å². The van der Waals surface area contributed by atoms with Gasteiger partial charge in [0.25, 0.3) is 0 Å². The first-order valence-electron chi connectivity index (χ1n) is 6.88. The first-order chi connectivity index (χ1) is 9.17. The number of ether oxygens (including phenoxy) is 1. The van der Waals surface area contributed by atoms with Crippen LogP contribution in [0.1, 0.15) is 25.3 Å². The predicted molar refractivity (Wildman–Crippen MR) is 76.1 cm³/mol. The van der Waals surface area contributed by atoms with Crippen molar-refractivity contribution >= 4 is 11.6 Å². The van der Waals surface area contributed by atoms with Crippen molar-refractivity contribution in [1.82, 2.24) is 5.32 Å². The van der Waals surface area contributed by atoms with Crippen LogP contribution in [0.3, 0.4) is 0 Å². The molecule has 19 heavy (non-hydrogen) atoms. The van der Waals surface area contributed by atoms with Crippen LogP contribution < -0.4 is 5.32 Å². The molecule has 0 spiro atoms. The summed E-state index contributed by atoms with van der Waals surface area (Å²) in [5.74, 6) is -0.286. The zero-order chi connectivity index (χ0) is 13.7. The van der Waals surface area contributed by atoms with Crippen LogP contribution in [-0.4, -0.2) is 26.3 Å². The highest BCUT2D eigenvalue weighted by molar-refractivity contribution is 6.30. The minimum absolute atomic E-state index is 0.000687. The molecule has 1 fully saturated rings. The molecule has 2 rings (SSSR count). The Bertz CT molecular complexity index is 419. The van der Waals surface area contributed by atoms with E-state index >= 15 is 0 Å². The molecule has 1 N–H and O–H groups in total. The Labute approximate surface area is 119 Å². The van der Waals surface area contributed by atoms with Crippen LogP contribution in [0.4, 0.5) is 4.39 Å². The molecule has 1 saturated heterocycles. The summed E-state index contributed by atoms with van der Waals surface area (Å²) >= 11 is 5.85. The van der Waals surface area contributed by atoms with E-state index in [1.165, 1.54) is 0 Å². The fraction of sp³-hybridized carbons (Fsp3) is 0.600. The molecule has 0 bridgehead atoms. The summed E-state index contributed by atoms with van der Waals surface area (Å²) in [5, 5.41) is 3.64. The highest BCUT2D eigenvalue weighted by atomic mass is 35.5. The molecular weight excluding hydrogens is 265 g/mol. The van der Waals surface area contributed by atoms with Gasteiger partial charge in [-0.1, -0.05) is 30.7 Å². The normalized spacial score (nSPS) is 22.9. The van der Waals surface area contributed by atoms with Gasteiger partial charge in [-0.15, -0.1) is 0 Å². The van der Waals surface area contributed by atoms with E-state index in [-0.39, 0.29) is 16.3 Å². The van der Waals surface area contributed by atoms with E-state index in [0.29, 0.717) is 18.6 Å². The molecule has 1 aromatic carbocycles. The third-order valence-electron chi connectivity index (χ3n) is 3.71. The van der Waals surface area contributed by atoms with Gasteiger partial charge in [0.1, 0.15) is 5.82 Å². The molecule has 1 aliphatic heterocycles. The molecule has 1 aromatic rings. The highest BCUT2D eigenvalue weighted by Gasteiger charge is 2.35. The SMILES string of the molecule is CCCNCC1(Cc2cccc(Cl)c2F)CCOC1. The van der Waals surface area contributed by atoms with Crippen molar-refractivity contribution in [3.63, 3.8) is 0 Å². The van der Waals surface area contributed by atoms with E-state index in [0.717, 1.165) is 32.5 Å². The van der Waals surface area contributed by atoms with Gasteiger partial charge in [0, 0.05) is 18.6 Å². The lowest BCUT2D eigenvalue weighted by Gasteiger charge is -2.28. The van der Waals surface area contributed by atoms with Gasteiger partial charge in [-0.3, -0.25) is 0 Å². The molecule has 0 aliphatic carbocycles. The number of halogens is 2. The summed E-state index contributed by atoms with van der Waals surface area (Å²) < 4.78 is 19.6. The zero-order valence-corrected chi connectivity index (χ0v) is 12.1. The summed E-state index contributed by atoms with van der Waals surface area (Å²) in [5.41, 5.74) is 0.692. The quantitative estimate of drug-likeness (QED) is 0.809. The van der Waals surface area contributed by atoms with Crippen LogP contribution in [0.5, 0.6) is 0 Å². The molecule has 106 valence electrons. The second-order valence-corrected chi connectivity index (χ2v) is 5.78. The summed E-state index contributed by atoms with van der Waals surface area (Å²) in [4.78, 5) is 0. The van der Waals surface area contributed by atoms with E-state index in [2.05, 4.69) is 12.2 Å². The lowest BCUT2D eigenvalue weighted by atomic mass is 9.80. The second kappa shape index (κ2) is 6.69. The van der Waals surface area contributed by atoms with Crippen molar-refractivity contribution in [1.29, 1.82) is 0 Å². The van der Waals surface area contributed by atoms with Crippen molar-refractivity contribution < 1.29 is 9.13 Å². The van der Waals surface area contributed by atoms with Gasteiger partial charge in [-0.2, -0.15) is 0 Å². The topological polar surface area (TPSA) is 21.3 Å². The summed E-state index contributed by atoms with van der Waals surface area (Å²) in [6.45, 7) is 5.44. The number of benzene rings is 1. The van der Waals surface area contributed by atoms with Gasteiger partial charge in [0.05, 0.1) is 11.6 Å². The number of hydrogen-bond donors (Lipinski definition) is 1. The minimum atomic E-state index is -0.286. The molecule has 0 aromatic heterocycles. The molecule has 4 heteroatoms. The van der Waals surface area contributed by atoms with Crippen molar-refractivity contribution in [3.8, 4) is 0 Å². The monoisotopic (exact) mass is 285 g/mol. The first kappa shape index (κ1) is 14.8. The van der Waals surface area contributed by atoms with Crippen LogP contribution in [-0.2, 0) is 11.2 Å². The first-order valence-corrected chi connectivity index (χ1v) is 7.26. The molecule has 1 unspecified atom stereocenters. The molecular formula is C15H21ClFNO. The Morgan fingerprint density at radius 1 is 1.47 bits per heavy atom. The van der Waals surface area contributed by atoms with E-state index in [1.54, 1.807) is 6.07 Å². The van der Waals surface area contributed by atoms with Gasteiger partial charge in [-0.25, -0.2) is 4.39 Å². The highest BCUT2D eigenvalue weighted by Crippen LogP contribution is 2.33. The third-order valence-corrected chi connectivity index (χ3v) is 4.00. The number of hydrogen-bond acceptors (Lipinski definition) is 2. The van der Waals surface area contributed by atoms with E-state index in [4.69, 9.17) is 16.3 Å². The Morgan fingerprint density at radius 2 is 2.32 bits per heavy atom. The maximum atomic E-state index is 14.0. The van der Waals surface area contributed by atoms with Gasteiger partial charge < -0.3 is 10.1 Å². The molecule has 0 saturated carbocycles. The largest absolute Gasteiger partial charge is 0.381 e. The lowest BCUT2D eigenvalue weighted by molar-refractivity contribution is 0.149. The molecule has 1 aliphatic rings. The maximum absolute atomic E-state index is 14.0. The van der Waals surface area contributed by atoms with Gasteiger partial charge >= 0.3 is 0 Å². The zero-order valence-electron chi connectivity index (χ0n) is 11.3. The Balaban J connectivity index is 2.09. The van der Waals surface area contributed by atoms with Gasteiger partial charge in [0.15, 0.2) is 0 Å². The fourth-order valence-corrected chi connectivity index (χ4v) is 2.80. The third kappa shape index (κ3) is 3.68. The fourth-order valence-electron chi connectivity index (χ4n) is 2.61. The van der Waals surface area contributed by atoms with Crippen molar-refractivity contribution in [3.05, 3.63) is 34.6 Å². The molecule has 2 nitrogen and oxygen atoms in total.